The molecule has 100 valence electrons. The quantitative estimate of drug-likeness (QED) is 0.859. The van der Waals surface area contributed by atoms with Crippen LogP contribution in [0.2, 0.25) is 10.0 Å². The molecule has 0 saturated carbocycles. The van der Waals surface area contributed by atoms with Crippen LogP contribution in [0.15, 0.2) is 42.5 Å². The van der Waals surface area contributed by atoms with Gasteiger partial charge in [0.1, 0.15) is 0 Å². The fourth-order valence-electron chi connectivity index (χ4n) is 1.83. The molecule has 0 heterocycles. The maximum absolute atomic E-state index is 6.13. The van der Waals surface area contributed by atoms with E-state index < -0.39 is 0 Å². The van der Waals surface area contributed by atoms with Crippen molar-refractivity contribution in [2.24, 2.45) is 0 Å². The Morgan fingerprint density at radius 3 is 2.58 bits per heavy atom. The molecule has 2 nitrogen and oxygen atoms in total. The molecular formula is C15H15Cl2NO. The number of nitrogens with one attached hydrogen (secondary N) is 1. The van der Waals surface area contributed by atoms with Crippen molar-refractivity contribution in [2.75, 3.05) is 12.4 Å². The van der Waals surface area contributed by atoms with Gasteiger partial charge >= 0.3 is 0 Å². The molecule has 0 aliphatic carbocycles. The van der Waals surface area contributed by atoms with E-state index in [4.69, 9.17) is 27.9 Å². The summed E-state index contributed by atoms with van der Waals surface area (Å²) < 4.78 is 5.12. The predicted molar refractivity (Wildman–Crippen MR) is 80.9 cm³/mol. The van der Waals surface area contributed by atoms with Gasteiger partial charge < -0.3 is 10.1 Å². The van der Waals surface area contributed by atoms with Crippen molar-refractivity contribution in [2.45, 2.75) is 13.2 Å². The van der Waals surface area contributed by atoms with Crippen LogP contribution in [0.1, 0.15) is 11.1 Å². The smallest absolute Gasteiger partial charge is 0.0823 e. The van der Waals surface area contributed by atoms with Crippen LogP contribution in [-0.2, 0) is 17.9 Å². The van der Waals surface area contributed by atoms with Crippen LogP contribution in [0, 0.1) is 0 Å². The van der Waals surface area contributed by atoms with Crippen molar-refractivity contribution >= 4 is 28.9 Å². The first-order chi connectivity index (χ1) is 9.20. The SMILES string of the molecule is COCc1cccc(CNc2cccc(Cl)c2Cl)c1. The van der Waals surface area contributed by atoms with E-state index in [-0.39, 0.29) is 0 Å². The molecule has 0 radical (unpaired) electrons. The maximum Gasteiger partial charge on any atom is 0.0823 e. The summed E-state index contributed by atoms with van der Waals surface area (Å²) in [7, 11) is 1.69. The van der Waals surface area contributed by atoms with Gasteiger partial charge in [0.25, 0.3) is 0 Å². The molecule has 0 fully saturated rings. The number of halogens is 2. The monoisotopic (exact) mass is 295 g/mol. The van der Waals surface area contributed by atoms with Crippen molar-refractivity contribution < 1.29 is 4.74 Å². The molecule has 0 aromatic heterocycles. The summed E-state index contributed by atoms with van der Waals surface area (Å²) in [6.07, 6.45) is 0. The van der Waals surface area contributed by atoms with Crippen LogP contribution in [0.5, 0.6) is 0 Å². The zero-order chi connectivity index (χ0) is 13.7. The third-order valence-electron chi connectivity index (χ3n) is 2.74. The molecule has 1 N–H and O–H groups in total. The van der Waals surface area contributed by atoms with Gasteiger partial charge in [-0.3, -0.25) is 0 Å². The first-order valence-corrected chi connectivity index (χ1v) is 6.71. The molecule has 0 amide bonds. The van der Waals surface area contributed by atoms with Crippen molar-refractivity contribution in [1.82, 2.24) is 0 Å². The fourth-order valence-corrected chi connectivity index (χ4v) is 2.20. The molecular weight excluding hydrogens is 281 g/mol. The van der Waals surface area contributed by atoms with E-state index >= 15 is 0 Å². The van der Waals surface area contributed by atoms with Gasteiger partial charge in [-0.25, -0.2) is 0 Å². The van der Waals surface area contributed by atoms with Crippen LogP contribution in [0.4, 0.5) is 5.69 Å². The highest BCUT2D eigenvalue weighted by Crippen LogP contribution is 2.29. The van der Waals surface area contributed by atoms with Gasteiger partial charge in [-0.2, -0.15) is 0 Å². The zero-order valence-electron chi connectivity index (χ0n) is 10.6. The lowest BCUT2D eigenvalue weighted by atomic mass is 10.1. The Bertz CT molecular complexity index is 558. The summed E-state index contributed by atoms with van der Waals surface area (Å²) in [5.74, 6) is 0. The molecule has 0 atom stereocenters. The summed E-state index contributed by atoms with van der Waals surface area (Å²) in [5, 5.41) is 4.39. The predicted octanol–water partition coefficient (Wildman–Crippen LogP) is 4.75. The van der Waals surface area contributed by atoms with Crippen LogP contribution in [-0.4, -0.2) is 7.11 Å². The van der Waals surface area contributed by atoms with Gasteiger partial charge in [0.15, 0.2) is 0 Å². The van der Waals surface area contributed by atoms with Gasteiger partial charge in [-0.15, -0.1) is 0 Å². The van der Waals surface area contributed by atoms with Crippen LogP contribution in [0.3, 0.4) is 0 Å². The highest BCUT2D eigenvalue weighted by molar-refractivity contribution is 6.43. The Kier molecular flexibility index (Phi) is 5.08. The molecule has 4 heteroatoms. The highest BCUT2D eigenvalue weighted by atomic mass is 35.5. The third kappa shape index (κ3) is 3.87. The highest BCUT2D eigenvalue weighted by Gasteiger charge is 2.03. The number of rotatable bonds is 5. The topological polar surface area (TPSA) is 21.3 Å². The molecule has 2 rings (SSSR count). The standard InChI is InChI=1S/C15H15Cl2NO/c1-19-10-12-5-2-4-11(8-12)9-18-14-7-3-6-13(16)15(14)17/h2-8,18H,9-10H2,1H3. The normalized spacial score (nSPS) is 10.5. The number of methoxy groups -OCH3 is 1. The first-order valence-electron chi connectivity index (χ1n) is 5.95. The number of benzene rings is 2. The third-order valence-corrected chi connectivity index (χ3v) is 3.56. The molecule has 2 aromatic carbocycles. The van der Waals surface area contributed by atoms with Crippen molar-refractivity contribution in [3.63, 3.8) is 0 Å². The van der Waals surface area contributed by atoms with E-state index in [0.717, 1.165) is 11.3 Å². The summed E-state index contributed by atoms with van der Waals surface area (Å²) in [6, 6.07) is 13.8. The van der Waals surface area contributed by atoms with Gasteiger partial charge in [0.2, 0.25) is 0 Å². The van der Waals surface area contributed by atoms with Gasteiger partial charge in [0.05, 0.1) is 22.3 Å². The van der Waals surface area contributed by atoms with Gasteiger partial charge in [-0.05, 0) is 23.3 Å². The Balaban J connectivity index is 2.06. The van der Waals surface area contributed by atoms with Gasteiger partial charge in [-0.1, -0.05) is 53.5 Å². The van der Waals surface area contributed by atoms with Gasteiger partial charge in [0, 0.05) is 13.7 Å². The summed E-state index contributed by atoms with van der Waals surface area (Å²) in [5.41, 5.74) is 3.16. The summed E-state index contributed by atoms with van der Waals surface area (Å²) >= 11 is 12.1. The van der Waals surface area contributed by atoms with Crippen LogP contribution >= 0.6 is 23.2 Å². The molecule has 0 bridgehead atoms. The second-order valence-electron chi connectivity index (χ2n) is 4.21. The van der Waals surface area contributed by atoms with Crippen molar-refractivity contribution in [3.8, 4) is 0 Å². The average Bonchev–Trinajstić information content (AvgIpc) is 2.41. The molecule has 0 aliphatic rings. The van der Waals surface area contributed by atoms with E-state index in [2.05, 4.69) is 17.4 Å². The van der Waals surface area contributed by atoms with Crippen molar-refractivity contribution in [1.29, 1.82) is 0 Å². The Hall–Kier alpha value is -1.22. The van der Waals surface area contributed by atoms with E-state index in [1.54, 1.807) is 13.2 Å². The Morgan fingerprint density at radius 2 is 1.79 bits per heavy atom. The molecule has 19 heavy (non-hydrogen) atoms. The Morgan fingerprint density at radius 1 is 1.05 bits per heavy atom. The average molecular weight is 296 g/mol. The number of hydrogen-bond acceptors (Lipinski definition) is 2. The number of ether oxygens (including phenoxy) is 1. The first kappa shape index (κ1) is 14.2. The zero-order valence-corrected chi connectivity index (χ0v) is 12.1. The van der Waals surface area contributed by atoms with E-state index in [1.165, 1.54) is 5.56 Å². The number of hydrogen-bond donors (Lipinski definition) is 1. The summed E-state index contributed by atoms with van der Waals surface area (Å²) in [4.78, 5) is 0. The molecule has 0 spiro atoms. The Labute approximate surface area is 123 Å². The van der Waals surface area contributed by atoms with E-state index in [0.29, 0.717) is 23.2 Å². The fraction of sp³-hybridized carbons (Fsp3) is 0.200. The number of anilines is 1. The maximum atomic E-state index is 6.13. The minimum Gasteiger partial charge on any atom is -0.380 e. The summed E-state index contributed by atoms with van der Waals surface area (Å²) in [6.45, 7) is 1.31. The molecule has 0 saturated heterocycles. The lowest BCUT2D eigenvalue weighted by Crippen LogP contribution is -2.01. The lowest BCUT2D eigenvalue weighted by molar-refractivity contribution is 0.185. The second-order valence-corrected chi connectivity index (χ2v) is 4.99. The largest absolute Gasteiger partial charge is 0.380 e. The molecule has 2 aromatic rings. The molecule has 0 aliphatic heterocycles. The minimum atomic E-state index is 0.553. The lowest BCUT2D eigenvalue weighted by Gasteiger charge is -2.10. The second kappa shape index (κ2) is 6.80. The van der Waals surface area contributed by atoms with Crippen molar-refractivity contribution in [3.05, 3.63) is 63.6 Å². The van der Waals surface area contributed by atoms with Crippen LogP contribution in [0.25, 0.3) is 0 Å². The van der Waals surface area contributed by atoms with Crippen LogP contribution < -0.4 is 5.32 Å². The van der Waals surface area contributed by atoms with E-state index in [9.17, 15) is 0 Å². The molecule has 0 unspecified atom stereocenters. The minimum absolute atomic E-state index is 0.553. The van der Waals surface area contributed by atoms with E-state index in [1.807, 2.05) is 24.3 Å².